The molecule has 0 atom stereocenters. The second-order valence-corrected chi connectivity index (χ2v) is 9.84. The standard InChI is InChI=1S/C25H23FN2O5S/c1-15-13-20-22(14-21(15)28(3)34(4,30)31)33-24(23(20)25(29)27-2)16-5-9-18(10-6-16)32-19-11-7-17(26)8-12-19/h5-14H,1-4H3,(H,27,29). The molecule has 0 spiro atoms. The van der Waals surface area contributed by atoms with Gasteiger partial charge in [0.25, 0.3) is 5.91 Å². The van der Waals surface area contributed by atoms with E-state index in [2.05, 4.69) is 5.32 Å². The SMILES string of the molecule is CNC(=O)c1c(-c2ccc(Oc3ccc(F)cc3)cc2)oc2cc(N(C)S(C)(=O)=O)c(C)cc12. The van der Waals surface area contributed by atoms with Gasteiger partial charge in [-0.1, -0.05) is 0 Å². The number of amides is 1. The zero-order valence-electron chi connectivity index (χ0n) is 19.0. The summed E-state index contributed by atoms with van der Waals surface area (Å²) in [6.45, 7) is 1.78. The van der Waals surface area contributed by atoms with Crippen molar-refractivity contribution in [2.45, 2.75) is 6.92 Å². The molecule has 4 rings (SSSR count). The van der Waals surface area contributed by atoms with Crippen LogP contribution in [0.5, 0.6) is 11.5 Å². The van der Waals surface area contributed by atoms with Gasteiger partial charge >= 0.3 is 0 Å². The zero-order valence-corrected chi connectivity index (χ0v) is 19.9. The molecule has 0 aliphatic rings. The lowest BCUT2D eigenvalue weighted by Gasteiger charge is -2.18. The molecule has 4 aromatic rings. The fourth-order valence-electron chi connectivity index (χ4n) is 3.63. The highest BCUT2D eigenvalue weighted by Gasteiger charge is 2.24. The van der Waals surface area contributed by atoms with Gasteiger partial charge < -0.3 is 14.5 Å². The third-order valence-corrected chi connectivity index (χ3v) is 6.65. The highest BCUT2D eigenvalue weighted by Crippen LogP contribution is 2.38. The molecule has 0 bridgehead atoms. The van der Waals surface area contributed by atoms with Gasteiger partial charge in [0.1, 0.15) is 28.7 Å². The fourth-order valence-corrected chi connectivity index (χ4v) is 4.18. The van der Waals surface area contributed by atoms with E-state index in [0.717, 1.165) is 6.26 Å². The molecule has 7 nitrogen and oxygen atoms in total. The summed E-state index contributed by atoms with van der Waals surface area (Å²) in [4.78, 5) is 12.8. The van der Waals surface area contributed by atoms with E-state index in [1.165, 1.54) is 42.7 Å². The second kappa shape index (κ2) is 8.83. The smallest absolute Gasteiger partial charge is 0.255 e. The van der Waals surface area contributed by atoms with Crippen molar-refractivity contribution in [2.75, 3.05) is 24.7 Å². The molecule has 0 aliphatic carbocycles. The molecule has 0 aliphatic heterocycles. The minimum Gasteiger partial charge on any atom is -0.457 e. The van der Waals surface area contributed by atoms with E-state index in [1.807, 2.05) is 0 Å². The van der Waals surface area contributed by atoms with Crippen molar-refractivity contribution in [1.29, 1.82) is 0 Å². The number of anilines is 1. The van der Waals surface area contributed by atoms with Gasteiger partial charge in [-0.15, -0.1) is 0 Å². The van der Waals surface area contributed by atoms with Gasteiger partial charge in [0.2, 0.25) is 10.0 Å². The number of halogens is 1. The first-order chi connectivity index (χ1) is 16.1. The Morgan fingerprint density at radius 3 is 2.18 bits per heavy atom. The molecule has 0 radical (unpaired) electrons. The maximum atomic E-state index is 13.1. The molecule has 9 heteroatoms. The van der Waals surface area contributed by atoms with Crippen molar-refractivity contribution in [3.05, 3.63) is 77.6 Å². The first-order valence-electron chi connectivity index (χ1n) is 10.4. The molecule has 0 saturated carbocycles. The molecular weight excluding hydrogens is 459 g/mol. The summed E-state index contributed by atoms with van der Waals surface area (Å²) in [6.07, 6.45) is 1.12. The lowest BCUT2D eigenvalue weighted by Crippen LogP contribution is -2.25. The van der Waals surface area contributed by atoms with Crippen LogP contribution >= 0.6 is 0 Å². The summed E-state index contributed by atoms with van der Waals surface area (Å²) in [5.74, 6) is 0.684. The molecule has 1 amide bonds. The van der Waals surface area contributed by atoms with E-state index in [1.54, 1.807) is 43.3 Å². The average Bonchev–Trinajstić information content (AvgIpc) is 3.17. The maximum Gasteiger partial charge on any atom is 0.255 e. The van der Waals surface area contributed by atoms with Crippen molar-refractivity contribution >= 4 is 32.6 Å². The molecule has 0 unspecified atom stereocenters. The number of rotatable bonds is 6. The molecule has 0 fully saturated rings. The van der Waals surface area contributed by atoms with Gasteiger partial charge in [-0.25, -0.2) is 12.8 Å². The summed E-state index contributed by atoms with van der Waals surface area (Å²) < 4.78 is 50.2. The molecule has 1 heterocycles. The fraction of sp³-hybridized carbons (Fsp3) is 0.160. The third-order valence-electron chi connectivity index (χ3n) is 5.46. The molecule has 34 heavy (non-hydrogen) atoms. The van der Waals surface area contributed by atoms with E-state index in [4.69, 9.17) is 9.15 Å². The number of aryl methyl sites for hydroxylation is 1. The third kappa shape index (κ3) is 4.47. The number of benzene rings is 3. The van der Waals surface area contributed by atoms with Gasteiger partial charge in [0, 0.05) is 31.1 Å². The number of hydrogen-bond acceptors (Lipinski definition) is 5. The summed E-state index contributed by atoms with van der Waals surface area (Å²) in [6, 6.07) is 16.0. The summed E-state index contributed by atoms with van der Waals surface area (Å²) in [5, 5.41) is 3.21. The van der Waals surface area contributed by atoms with Crippen molar-refractivity contribution in [1.82, 2.24) is 5.32 Å². The van der Waals surface area contributed by atoms with E-state index in [9.17, 15) is 17.6 Å². The van der Waals surface area contributed by atoms with E-state index in [-0.39, 0.29) is 11.7 Å². The number of nitrogens with zero attached hydrogens (tertiary/aromatic N) is 1. The Morgan fingerprint density at radius 1 is 1.03 bits per heavy atom. The first kappa shape index (κ1) is 23.3. The van der Waals surface area contributed by atoms with Gasteiger partial charge in [-0.3, -0.25) is 9.10 Å². The Kier molecular flexibility index (Phi) is 6.05. The quantitative estimate of drug-likeness (QED) is 0.413. The lowest BCUT2D eigenvalue weighted by molar-refractivity contribution is 0.0964. The van der Waals surface area contributed by atoms with Gasteiger partial charge in [0.15, 0.2) is 0 Å². The zero-order chi connectivity index (χ0) is 24.6. The summed E-state index contributed by atoms with van der Waals surface area (Å²) in [5.41, 5.74) is 2.51. The Labute approximate surface area is 196 Å². The average molecular weight is 483 g/mol. The van der Waals surface area contributed by atoms with E-state index in [0.29, 0.717) is 50.6 Å². The van der Waals surface area contributed by atoms with Crippen LogP contribution in [0.25, 0.3) is 22.3 Å². The number of hydrogen-bond donors (Lipinski definition) is 1. The molecular formula is C25H23FN2O5S. The van der Waals surface area contributed by atoms with Crippen LogP contribution in [-0.2, 0) is 10.0 Å². The van der Waals surface area contributed by atoms with Crippen LogP contribution in [0.3, 0.4) is 0 Å². The van der Waals surface area contributed by atoms with Crippen LogP contribution in [-0.4, -0.2) is 34.7 Å². The normalized spacial score (nSPS) is 11.4. The first-order valence-corrected chi connectivity index (χ1v) is 12.2. The second-order valence-electron chi connectivity index (χ2n) is 7.83. The Balaban J connectivity index is 1.78. The number of ether oxygens (including phenoxy) is 1. The molecule has 1 N–H and O–H groups in total. The van der Waals surface area contributed by atoms with E-state index >= 15 is 0 Å². The van der Waals surface area contributed by atoms with Crippen LogP contribution < -0.4 is 14.4 Å². The van der Waals surface area contributed by atoms with Crippen LogP contribution in [0.4, 0.5) is 10.1 Å². The van der Waals surface area contributed by atoms with Gasteiger partial charge in [0.05, 0.1) is 17.5 Å². The van der Waals surface area contributed by atoms with Crippen LogP contribution in [0.15, 0.2) is 65.1 Å². The number of sulfonamides is 1. The van der Waals surface area contributed by atoms with Crippen molar-refractivity contribution in [2.24, 2.45) is 0 Å². The number of nitrogens with one attached hydrogen (secondary N) is 1. The lowest BCUT2D eigenvalue weighted by atomic mass is 10.0. The van der Waals surface area contributed by atoms with Crippen LogP contribution in [0.2, 0.25) is 0 Å². The number of carbonyl (C=O) groups is 1. The Bertz CT molecular complexity index is 1480. The number of fused-ring (bicyclic) bond motifs is 1. The monoisotopic (exact) mass is 482 g/mol. The molecule has 3 aromatic carbocycles. The number of furan rings is 1. The topological polar surface area (TPSA) is 88.8 Å². The highest BCUT2D eigenvalue weighted by atomic mass is 32.2. The molecule has 176 valence electrons. The number of carbonyl (C=O) groups excluding carboxylic acids is 1. The van der Waals surface area contributed by atoms with Crippen LogP contribution in [0.1, 0.15) is 15.9 Å². The van der Waals surface area contributed by atoms with Crippen molar-refractivity contribution in [3.8, 4) is 22.8 Å². The largest absolute Gasteiger partial charge is 0.457 e. The predicted octanol–water partition coefficient (Wildman–Crippen LogP) is 5.10. The predicted molar refractivity (Wildman–Crippen MR) is 129 cm³/mol. The minimum absolute atomic E-state index is 0.330. The van der Waals surface area contributed by atoms with Gasteiger partial charge in [-0.2, -0.15) is 0 Å². The van der Waals surface area contributed by atoms with Crippen LogP contribution in [0, 0.1) is 12.7 Å². The summed E-state index contributed by atoms with van der Waals surface area (Å²) in [7, 11) is -0.483. The molecule has 0 saturated heterocycles. The molecule has 1 aromatic heterocycles. The minimum atomic E-state index is -3.48. The Morgan fingerprint density at radius 2 is 1.62 bits per heavy atom. The van der Waals surface area contributed by atoms with Crippen molar-refractivity contribution < 1.29 is 26.8 Å². The maximum absolute atomic E-state index is 13.1. The van der Waals surface area contributed by atoms with E-state index < -0.39 is 10.0 Å². The van der Waals surface area contributed by atoms with Crippen molar-refractivity contribution in [3.63, 3.8) is 0 Å². The Hall–Kier alpha value is -3.85. The highest BCUT2D eigenvalue weighted by molar-refractivity contribution is 7.92. The van der Waals surface area contributed by atoms with Gasteiger partial charge in [-0.05, 0) is 67.1 Å². The summed E-state index contributed by atoms with van der Waals surface area (Å²) >= 11 is 0.